The molecule has 5 nitrogen and oxygen atoms in total. The molecular formula is C19H18N2O3S2. The Labute approximate surface area is 158 Å². The highest BCUT2D eigenvalue weighted by atomic mass is 32.2. The van der Waals surface area contributed by atoms with E-state index in [-0.39, 0.29) is 5.56 Å². The lowest BCUT2D eigenvalue weighted by molar-refractivity contribution is 0.0695. The number of carboxylic acids is 1. The molecular weight excluding hydrogens is 368 g/mol. The molecule has 0 bridgehead atoms. The molecule has 26 heavy (non-hydrogen) atoms. The Balaban J connectivity index is 1.87. The summed E-state index contributed by atoms with van der Waals surface area (Å²) in [4.78, 5) is 24.8. The molecule has 0 spiro atoms. The Hall–Kier alpha value is -2.09. The number of aromatic carboxylic acids is 1. The van der Waals surface area contributed by atoms with Crippen molar-refractivity contribution < 1.29 is 9.90 Å². The minimum Gasteiger partial charge on any atom is -0.477 e. The van der Waals surface area contributed by atoms with Crippen LogP contribution in [0.25, 0.3) is 16.0 Å². The number of hydrogen-bond acceptors (Lipinski definition) is 5. The Morgan fingerprint density at radius 3 is 2.88 bits per heavy atom. The molecule has 1 unspecified atom stereocenters. The summed E-state index contributed by atoms with van der Waals surface area (Å²) >= 11 is 3.68. The van der Waals surface area contributed by atoms with Gasteiger partial charge in [0.15, 0.2) is 0 Å². The topological polar surface area (TPSA) is 70.8 Å². The molecule has 0 fully saturated rings. The van der Waals surface area contributed by atoms with Crippen LogP contribution in [-0.4, -0.2) is 28.3 Å². The number of thioether (sulfide) groups is 1. The normalized spacial score (nSPS) is 16.6. The highest BCUT2D eigenvalue weighted by molar-refractivity contribution is 8.01. The van der Waals surface area contributed by atoms with Gasteiger partial charge >= 0.3 is 5.97 Å². The number of thiophene rings is 1. The largest absolute Gasteiger partial charge is 0.477 e. The van der Waals surface area contributed by atoms with Crippen LogP contribution < -0.4 is 10.9 Å². The number of pyridine rings is 2. The highest BCUT2D eigenvalue weighted by Gasteiger charge is 2.23. The van der Waals surface area contributed by atoms with E-state index in [1.54, 1.807) is 23.6 Å². The quantitative estimate of drug-likeness (QED) is 0.717. The van der Waals surface area contributed by atoms with Crippen LogP contribution in [0.4, 0.5) is 0 Å². The van der Waals surface area contributed by atoms with Gasteiger partial charge in [0.05, 0.1) is 9.73 Å². The molecule has 0 aliphatic carbocycles. The minimum absolute atomic E-state index is 0.213. The van der Waals surface area contributed by atoms with Gasteiger partial charge in [0.1, 0.15) is 5.56 Å². The second-order valence-electron chi connectivity index (χ2n) is 6.30. The average molecular weight is 386 g/mol. The van der Waals surface area contributed by atoms with Crippen LogP contribution in [0.15, 0.2) is 39.5 Å². The lowest BCUT2D eigenvalue weighted by Gasteiger charge is -2.20. The molecule has 3 aromatic rings. The van der Waals surface area contributed by atoms with E-state index in [2.05, 4.69) is 11.4 Å². The fraction of sp³-hybridized carbons (Fsp3) is 0.263. The molecule has 2 N–H and O–H groups in total. The van der Waals surface area contributed by atoms with Gasteiger partial charge < -0.3 is 10.4 Å². The van der Waals surface area contributed by atoms with Crippen LogP contribution >= 0.6 is 23.1 Å². The van der Waals surface area contributed by atoms with Crippen molar-refractivity contribution in [2.75, 3.05) is 12.8 Å². The van der Waals surface area contributed by atoms with Gasteiger partial charge in [-0.25, -0.2) is 4.79 Å². The Morgan fingerprint density at radius 2 is 2.15 bits per heavy atom. The highest BCUT2D eigenvalue weighted by Crippen LogP contribution is 2.45. The van der Waals surface area contributed by atoms with Crippen molar-refractivity contribution in [3.8, 4) is 10.4 Å². The first-order valence-electron chi connectivity index (χ1n) is 8.33. The van der Waals surface area contributed by atoms with E-state index in [0.717, 1.165) is 28.8 Å². The number of fused-ring (bicyclic) bond motifs is 2. The fourth-order valence-corrected chi connectivity index (χ4v) is 6.15. The summed E-state index contributed by atoms with van der Waals surface area (Å²) in [6.07, 6.45) is 2.79. The van der Waals surface area contributed by atoms with Crippen LogP contribution in [0.5, 0.6) is 0 Å². The predicted molar refractivity (Wildman–Crippen MR) is 106 cm³/mol. The lowest BCUT2D eigenvalue weighted by atomic mass is 10.0. The van der Waals surface area contributed by atoms with E-state index in [4.69, 9.17) is 5.11 Å². The van der Waals surface area contributed by atoms with E-state index in [9.17, 15) is 9.59 Å². The zero-order valence-corrected chi connectivity index (χ0v) is 16.0. The first kappa shape index (κ1) is 17.3. The summed E-state index contributed by atoms with van der Waals surface area (Å²) < 4.78 is 2.77. The van der Waals surface area contributed by atoms with Crippen LogP contribution in [0.2, 0.25) is 0 Å². The van der Waals surface area contributed by atoms with E-state index in [1.807, 2.05) is 31.8 Å². The third kappa shape index (κ3) is 2.67. The second-order valence-corrected chi connectivity index (χ2v) is 8.71. The summed E-state index contributed by atoms with van der Waals surface area (Å²) in [5.74, 6) is -0.0881. The first-order chi connectivity index (χ1) is 12.5. The smallest absolute Gasteiger partial charge is 0.341 e. The maximum Gasteiger partial charge on any atom is 0.341 e. The molecule has 7 heteroatoms. The standard InChI is InChI=1S/C19H18N2O3S2/c1-10-11(16-9-13-14(20-2)6-8-25-19(13)26-16)5-7-21-15(10)4-3-12(17(21)22)18(23)24/h3-5,7,9,14,20H,6,8H2,1-2H3,(H,23,24). The number of carboxylic acid groups (broad SMARTS) is 1. The molecule has 4 heterocycles. The van der Waals surface area contributed by atoms with Crippen LogP contribution in [0.3, 0.4) is 0 Å². The van der Waals surface area contributed by atoms with Gasteiger partial charge in [-0.05, 0) is 61.3 Å². The van der Waals surface area contributed by atoms with E-state index < -0.39 is 11.5 Å². The third-order valence-corrected chi connectivity index (χ3v) is 7.40. The van der Waals surface area contributed by atoms with Crippen molar-refractivity contribution >= 4 is 34.6 Å². The van der Waals surface area contributed by atoms with Gasteiger partial charge in [0.25, 0.3) is 5.56 Å². The number of carbonyl (C=O) groups is 1. The SMILES string of the molecule is CNC1CCSc2sc(-c3ccn4c(=O)c(C(=O)O)ccc4c3C)cc21. The Bertz CT molecular complexity index is 1080. The van der Waals surface area contributed by atoms with Crippen molar-refractivity contribution in [3.63, 3.8) is 0 Å². The van der Waals surface area contributed by atoms with Gasteiger partial charge in [0, 0.05) is 22.9 Å². The number of nitrogens with one attached hydrogen (secondary N) is 1. The van der Waals surface area contributed by atoms with E-state index >= 15 is 0 Å². The average Bonchev–Trinajstić information content (AvgIpc) is 3.06. The molecule has 0 amide bonds. The molecule has 3 aromatic heterocycles. The first-order valence-corrected chi connectivity index (χ1v) is 10.1. The predicted octanol–water partition coefficient (Wildman–Crippen LogP) is 3.79. The van der Waals surface area contributed by atoms with Gasteiger partial charge in [-0.2, -0.15) is 0 Å². The Kier molecular flexibility index (Phi) is 4.38. The summed E-state index contributed by atoms with van der Waals surface area (Å²) in [5.41, 5.74) is 3.44. The van der Waals surface area contributed by atoms with Crippen molar-refractivity contribution in [1.29, 1.82) is 0 Å². The van der Waals surface area contributed by atoms with E-state index in [0.29, 0.717) is 6.04 Å². The second kappa shape index (κ2) is 6.57. The summed E-state index contributed by atoms with van der Waals surface area (Å²) in [7, 11) is 2.00. The molecule has 1 atom stereocenters. The van der Waals surface area contributed by atoms with Crippen LogP contribution in [0, 0.1) is 6.92 Å². The monoisotopic (exact) mass is 386 g/mol. The zero-order chi connectivity index (χ0) is 18.4. The summed E-state index contributed by atoms with van der Waals surface area (Å²) in [6, 6.07) is 7.64. The van der Waals surface area contributed by atoms with Crippen molar-refractivity contribution in [3.05, 3.63) is 57.5 Å². The van der Waals surface area contributed by atoms with E-state index in [1.165, 1.54) is 25.1 Å². The zero-order valence-electron chi connectivity index (χ0n) is 14.4. The van der Waals surface area contributed by atoms with Gasteiger partial charge in [-0.1, -0.05) is 0 Å². The summed E-state index contributed by atoms with van der Waals surface area (Å²) in [5, 5.41) is 12.5. The number of hydrogen-bond donors (Lipinski definition) is 2. The molecule has 0 saturated carbocycles. The number of nitrogens with zero attached hydrogens (tertiary/aromatic N) is 1. The van der Waals surface area contributed by atoms with Gasteiger partial charge in [-0.15, -0.1) is 23.1 Å². The van der Waals surface area contributed by atoms with Gasteiger partial charge in [-0.3, -0.25) is 9.20 Å². The molecule has 0 saturated heterocycles. The van der Waals surface area contributed by atoms with Crippen molar-refractivity contribution in [2.45, 2.75) is 23.6 Å². The molecule has 1 aliphatic heterocycles. The molecule has 134 valence electrons. The number of rotatable bonds is 3. The fourth-order valence-electron chi connectivity index (χ4n) is 3.45. The Morgan fingerprint density at radius 1 is 1.35 bits per heavy atom. The third-order valence-electron chi connectivity index (χ3n) is 4.88. The maximum atomic E-state index is 12.4. The molecule has 0 aromatic carbocycles. The minimum atomic E-state index is -1.20. The molecule has 0 radical (unpaired) electrons. The molecule has 4 rings (SSSR count). The van der Waals surface area contributed by atoms with Crippen LogP contribution in [0.1, 0.15) is 33.9 Å². The number of aryl methyl sites for hydroxylation is 1. The number of aromatic nitrogens is 1. The summed E-state index contributed by atoms with van der Waals surface area (Å²) in [6.45, 7) is 1.98. The van der Waals surface area contributed by atoms with Crippen molar-refractivity contribution in [1.82, 2.24) is 9.72 Å². The van der Waals surface area contributed by atoms with Crippen molar-refractivity contribution in [2.24, 2.45) is 0 Å². The maximum absolute atomic E-state index is 12.4. The van der Waals surface area contributed by atoms with Gasteiger partial charge in [0.2, 0.25) is 0 Å². The molecule has 1 aliphatic rings. The van der Waals surface area contributed by atoms with Crippen LogP contribution in [-0.2, 0) is 0 Å². The lowest BCUT2D eigenvalue weighted by Crippen LogP contribution is -2.21.